The van der Waals surface area contributed by atoms with Crippen molar-refractivity contribution in [2.75, 3.05) is 17.7 Å². The van der Waals surface area contributed by atoms with Crippen molar-refractivity contribution in [3.05, 3.63) is 17.9 Å². The standard InChI is InChI=1S/C15H23FN2O/c1-3-19-15-9-14(13(17)8-12(15)16)18-11-6-4-5-10(2)7-11/h8-11,18H,3-7,17H2,1-2H3. The number of nitrogens with one attached hydrogen (secondary N) is 1. The number of rotatable bonds is 4. The van der Waals surface area contributed by atoms with Gasteiger partial charge in [-0.05, 0) is 25.7 Å². The van der Waals surface area contributed by atoms with Gasteiger partial charge in [-0.1, -0.05) is 19.8 Å². The van der Waals surface area contributed by atoms with Crippen molar-refractivity contribution in [1.29, 1.82) is 0 Å². The molecule has 19 heavy (non-hydrogen) atoms. The molecule has 3 N–H and O–H groups in total. The number of ether oxygens (including phenoxy) is 1. The highest BCUT2D eigenvalue weighted by Gasteiger charge is 2.20. The molecule has 3 nitrogen and oxygen atoms in total. The van der Waals surface area contributed by atoms with E-state index in [2.05, 4.69) is 12.2 Å². The van der Waals surface area contributed by atoms with E-state index in [1.807, 2.05) is 6.92 Å². The lowest BCUT2D eigenvalue weighted by atomic mass is 9.87. The molecule has 0 saturated heterocycles. The van der Waals surface area contributed by atoms with Crippen LogP contribution in [0.4, 0.5) is 15.8 Å². The average Bonchev–Trinajstić information content (AvgIpc) is 2.35. The van der Waals surface area contributed by atoms with E-state index < -0.39 is 5.82 Å². The Hall–Kier alpha value is -1.45. The molecule has 0 bridgehead atoms. The molecule has 2 atom stereocenters. The molecule has 0 amide bonds. The minimum absolute atomic E-state index is 0.267. The topological polar surface area (TPSA) is 47.3 Å². The predicted octanol–water partition coefficient (Wildman–Crippen LogP) is 3.80. The summed E-state index contributed by atoms with van der Waals surface area (Å²) in [6.07, 6.45) is 4.81. The summed E-state index contributed by atoms with van der Waals surface area (Å²) in [4.78, 5) is 0. The Kier molecular flexibility index (Phi) is 4.51. The molecule has 1 aliphatic carbocycles. The van der Waals surface area contributed by atoms with Crippen LogP contribution in [0.1, 0.15) is 39.5 Å². The molecule has 1 saturated carbocycles. The van der Waals surface area contributed by atoms with Crippen LogP contribution in [0.15, 0.2) is 12.1 Å². The average molecular weight is 266 g/mol. The molecule has 4 heteroatoms. The van der Waals surface area contributed by atoms with E-state index in [-0.39, 0.29) is 5.75 Å². The minimum atomic E-state index is -0.401. The highest BCUT2D eigenvalue weighted by atomic mass is 19.1. The minimum Gasteiger partial charge on any atom is -0.491 e. The van der Waals surface area contributed by atoms with Crippen LogP contribution in [-0.4, -0.2) is 12.6 Å². The van der Waals surface area contributed by atoms with Gasteiger partial charge in [0.05, 0.1) is 18.0 Å². The van der Waals surface area contributed by atoms with Crippen LogP contribution >= 0.6 is 0 Å². The zero-order chi connectivity index (χ0) is 13.8. The number of nitrogen functional groups attached to an aromatic ring is 1. The van der Waals surface area contributed by atoms with Gasteiger partial charge in [0.15, 0.2) is 11.6 Å². The Bertz CT molecular complexity index is 436. The van der Waals surface area contributed by atoms with Gasteiger partial charge in [-0.15, -0.1) is 0 Å². The van der Waals surface area contributed by atoms with Crippen molar-refractivity contribution in [1.82, 2.24) is 0 Å². The number of nitrogens with two attached hydrogens (primary N) is 1. The fraction of sp³-hybridized carbons (Fsp3) is 0.600. The van der Waals surface area contributed by atoms with E-state index in [0.717, 1.165) is 24.4 Å². The highest BCUT2D eigenvalue weighted by Crippen LogP contribution is 2.32. The molecule has 0 aromatic heterocycles. The predicted molar refractivity (Wildman–Crippen MR) is 77.0 cm³/mol. The first-order chi connectivity index (χ1) is 9.10. The van der Waals surface area contributed by atoms with Gasteiger partial charge >= 0.3 is 0 Å². The lowest BCUT2D eigenvalue weighted by Crippen LogP contribution is -2.26. The van der Waals surface area contributed by atoms with Crippen molar-refractivity contribution in [2.24, 2.45) is 5.92 Å². The SMILES string of the molecule is CCOc1cc(NC2CCCC(C)C2)c(N)cc1F. The van der Waals surface area contributed by atoms with Gasteiger partial charge in [-0.2, -0.15) is 0 Å². The van der Waals surface area contributed by atoms with Crippen molar-refractivity contribution in [3.8, 4) is 5.75 Å². The second-order valence-corrected chi connectivity index (χ2v) is 5.42. The number of hydrogen-bond donors (Lipinski definition) is 2. The molecule has 1 aliphatic rings. The van der Waals surface area contributed by atoms with Crippen molar-refractivity contribution < 1.29 is 9.13 Å². The molecule has 1 aromatic rings. The Morgan fingerprint density at radius 2 is 2.21 bits per heavy atom. The summed E-state index contributed by atoms with van der Waals surface area (Å²) in [5, 5.41) is 3.43. The fourth-order valence-corrected chi connectivity index (χ4v) is 2.75. The summed E-state index contributed by atoms with van der Waals surface area (Å²) >= 11 is 0. The maximum absolute atomic E-state index is 13.6. The summed E-state index contributed by atoms with van der Waals surface area (Å²) in [5.41, 5.74) is 7.11. The summed E-state index contributed by atoms with van der Waals surface area (Å²) in [6, 6.07) is 3.43. The van der Waals surface area contributed by atoms with Crippen LogP contribution in [0, 0.1) is 11.7 Å². The third-order valence-corrected chi connectivity index (χ3v) is 3.70. The van der Waals surface area contributed by atoms with Gasteiger partial charge in [-0.25, -0.2) is 4.39 Å². The van der Waals surface area contributed by atoms with Gasteiger partial charge in [0.25, 0.3) is 0 Å². The van der Waals surface area contributed by atoms with Crippen LogP contribution in [0.5, 0.6) is 5.75 Å². The largest absolute Gasteiger partial charge is 0.491 e. The number of anilines is 2. The van der Waals surface area contributed by atoms with E-state index in [1.54, 1.807) is 6.07 Å². The van der Waals surface area contributed by atoms with Crippen LogP contribution < -0.4 is 15.8 Å². The lowest BCUT2D eigenvalue weighted by Gasteiger charge is -2.29. The van der Waals surface area contributed by atoms with E-state index in [1.165, 1.54) is 18.9 Å². The first-order valence-corrected chi connectivity index (χ1v) is 7.08. The molecule has 0 spiro atoms. The Morgan fingerprint density at radius 3 is 2.89 bits per heavy atom. The van der Waals surface area contributed by atoms with Crippen LogP contribution in [0.3, 0.4) is 0 Å². The number of benzene rings is 1. The monoisotopic (exact) mass is 266 g/mol. The molecule has 2 rings (SSSR count). The molecular weight excluding hydrogens is 243 g/mol. The molecule has 1 aromatic carbocycles. The Labute approximate surface area is 114 Å². The zero-order valence-corrected chi connectivity index (χ0v) is 11.7. The second kappa shape index (κ2) is 6.13. The summed E-state index contributed by atoms with van der Waals surface area (Å²) in [5.74, 6) is 0.601. The van der Waals surface area contributed by atoms with Gasteiger partial charge in [0.1, 0.15) is 0 Å². The zero-order valence-electron chi connectivity index (χ0n) is 11.7. The quantitative estimate of drug-likeness (QED) is 0.815. The maximum Gasteiger partial charge on any atom is 0.167 e. The second-order valence-electron chi connectivity index (χ2n) is 5.42. The number of halogens is 1. The summed E-state index contributed by atoms with van der Waals surface area (Å²) < 4.78 is 18.9. The normalized spacial score (nSPS) is 23.1. The smallest absolute Gasteiger partial charge is 0.167 e. The van der Waals surface area contributed by atoms with Gasteiger partial charge < -0.3 is 15.8 Å². The van der Waals surface area contributed by atoms with Gasteiger partial charge in [0, 0.05) is 18.2 Å². The van der Waals surface area contributed by atoms with Gasteiger partial charge in [0.2, 0.25) is 0 Å². The highest BCUT2D eigenvalue weighted by molar-refractivity contribution is 5.69. The van der Waals surface area contributed by atoms with E-state index in [4.69, 9.17) is 10.5 Å². The lowest BCUT2D eigenvalue weighted by molar-refractivity contribution is 0.321. The van der Waals surface area contributed by atoms with E-state index in [0.29, 0.717) is 18.3 Å². The Morgan fingerprint density at radius 1 is 1.42 bits per heavy atom. The molecule has 2 unspecified atom stereocenters. The van der Waals surface area contributed by atoms with Gasteiger partial charge in [-0.3, -0.25) is 0 Å². The molecular formula is C15H23FN2O. The first-order valence-electron chi connectivity index (χ1n) is 7.08. The number of hydrogen-bond acceptors (Lipinski definition) is 3. The summed E-state index contributed by atoms with van der Waals surface area (Å²) in [7, 11) is 0. The molecule has 1 fully saturated rings. The van der Waals surface area contributed by atoms with E-state index >= 15 is 0 Å². The van der Waals surface area contributed by atoms with Crippen molar-refractivity contribution in [3.63, 3.8) is 0 Å². The molecule has 0 heterocycles. The van der Waals surface area contributed by atoms with Crippen LogP contribution in [0.2, 0.25) is 0 Å². The summed E-state index contributed by atoms with van der Waals surface area (Å²) in [6.45, 7) is 4.56. The Balaban J connectivity index is 2.12. The van der Waals surface area contributed by atoms with Crippen molar-refractivity contribution in [2.45, 2.75) is 45.6 Å². The molecule has 0 radical (unpaired) electrons. The molecule has 106 valence electrons. The first kappa shape index (κ1) is 14.0. The maximum atomic E-state index is 13.6. The van der Waals surface area contributed by atoms with Crippen LogP contribution in [-0.2, 0) is 0 Å². The van der Waals surface area contributed by atoms with Crippen LogP contribution in [0.25, 0.3) is 0 Å². The molecule has 0 aliphatic heterocycles. The van der Waals surface area contributed by atoms with Crippen molar-refractivity contribution >= 4 is 11.4 Å². The third-order valence-electron chi connectivity index (χ3n) is 3.70. The third kappa shape index (κ3) is 3.52. The fourth-order valence-electron chi connectivity index (χ4n) is 2.75. The van der Waals surface area contributed by atoms with E-state index in [9.17, 15) is 4.39 Å².